The van der Waals surface area contributed by atoms with Crippen LogP contribution in [-0.4, -0.2) is 38.4 Å². The lowest BCUT2D eigenvalue weighted by molar-refractivity contribution is 0.0555. The molecule has 1 atom stereocenters. The minimum Gasteiger partial charge on any atom is -0.292 e. The minimum absolute atomic E-state index is 0.0666. The smallest absolute Gasteiger partial charge is 0.148 e. The molecule has 0 bridgehead atoms. The first-order chi connectivity index (χ1) is 15.6. The lowest BCUT2D eigenvalue weighted by atomic mass is 9.80. The Kier molecular flexibility index (Phi) is 7.10. The maximum Gasteiger partial charge on any atom is 0.148 e. The van der Waals surface area contributed by atoms with Crippen LogP contribution in [0.2, 0.25) is 10.0 Å². The highest BCUT2D eigenvalue weighted by atomic mass is 35.5. The van der Waals surface area contributed by atoms with Crippen LogP contribution in [-0.2, 0) is 9.84 Å². The van der Waals surface area contributed by atoms with E-state index in [0.717, 1.165) is 23.4 Å². The van der Waals surface area contributed by atoms with Crippen molar-refractivity contribution >= 4 is 33.0 Å². The summed E-state index contributed by atoms with van der Waals surface area (Å²) in [6, 6.07) is 18.4. The molecule has 0 N–H and O–H groups in total. The molecule has 1 saturated heterocycles. The predicted octanol–water partition coefficient (Wildman–Crippen LogP) is 6.12. The first kappa shape index (κ1) is 24.1. The molecule has 33 heavy (non-hydrogen) atoms. The van der Waals surface area contributed by atoms with Crippen molar-refractivity contribution < 1.29 is 17.2 Å². The van der Waals surface area contributed by atoms with Crippen LogP contribution in [0.5, 0.6) is 0 Å². The lowest BCUT2D eigenvalue weighted by Gasteiger charge is -2.48. The molecule has 0 saturated carbocycles. The van der Waals surface area contributed by atoms with Gasteiger partial charge >= 0.3 is 0 Å². The van der Waals surface area contributed by atoms with Gasteiger partial charge in [0.25, 0.3) is 0 Å². The molecule has 1 fully saturated rings. The van der Waals surface area contributed by atoms with E-state index >= 15 is 0 Å². The molecule has 3 nitrogen and oxygen atoms in total. The van der Waals surface area contributed by atoms with E-state index in [9.17, 15) is 17.2 Å². The summed E-state index contributed by atoms with van der Waals surface area (Å²) in [7, 11) is -3.36. The second kappa shape index (κ2) is 9.71. The molecule has 8 heteroatoms. The van der Waals surface area contributed by atoms with E-state index in [0.29, 0.717) is 28.7 Å². The highest BCUT2D eigenvalue weighted by Gasteiger charge is 2.40. The van der Waals surface area contributed by atoms with Crippen molar-refractivity contribution in [2.24, 2.45) is 5.92 Å². The quantitative estimate of drug-likeness (QED) is 0.384. The monoisotopic (exact) mass is 509 g/mol. The Bertz CT molecular complexity index is 1160. The van der Waals surface area contributed by atoms with Gasteiger partial charge in [-0.25, -0.2) is 17.2 Å². The Morgan fingerprint density at radius 3 is 1.73 bits per heavy atom. The van der Waals surface area contributed by atoms with Gasteiger partial charge in [-0.3, -0.25) is 4.90 Å². The van der Waals surface area contributed by atoms with E-state index in [-0.39, 0.29) is 17.7 Å². The Morgan fingerprint density at radius 1 is 0.848 bits per heavy atom. The molecule has 0 radical (unpaired) electrons. The summed E-state index contributed by atoms with van der Waals surface area (Å²) in [5.74, 6) is -2.15. The third-order valence-electron chi connectivity index (χ3n) is 6.04. The molecule has 0 spiro atoms. The predicted molar refractivity (Wildman–Crippen MR) is 129 cm³/mol. The summed E-state index contributed by atoms with van der Waals surface area (Å²) < 4.78 is 52.0. The van der Waals surface area contributed by atoms with E-state index in [4.69, 9.17) is 23.2 Å². The fourth-order valence-corrected chi connectivity index (χ4v) is 5.91. The van der Waals surface area contributed by atoms with Crippen molar-refractivity contribution in [1.29, 1.82) is 0 Å². The van der Waals surface area contributed by atoms with Crippen LogP contribution in [0.3, 0.4) is 0 Å². The first-order valence-corrected chi connectivity index (χ1v) is 13.3. The summed E-state index contributed by atoms with van der Waals surface area (Å²) in [6.45, 7) is 1.16. The number of halogens is 4. The Hall–Kier alpha value is -1.99. The highest BCUT2D eigenvalue weighted by Crippen LogP contribution is 2.41. The number of hydrogen-bond acceptors (Lipinski definition) is 3. The molecule has 0 aliphatic carbocycles. The van der Waals surface area contributed by atoms with Crippen molar-refractivity contribution in [2.75, 3.05) is 25.1 Å². The molecule has 3 aromatic rings. The molecular formula is C25H23Cl2F2NO2S. The van der Waals surface area contributed by atoms with Crippen LogP contribution in [0, 0.1) is 17.6 Å². The van der Waals surface area contributed by atoms with Crippen LogP contribution < -0.4 is 0 Å². The number of sulfone groups is 1. The van der Waals surface area contributed by atoms with Gasteiger partial charge in [-0.2, -0.15) is 0 Å². The average molecular weight is 510 g/mol. The number of nitrogens with zero attached hydrogens (tertiary/aromatic N) is 1. The van der Waals surface area contributed by atoms with E-state index in [1.807, 2.05) is 48.5 Å². The summed E-state index contributed by atoms with van der Waals surface area (Å²) >= 11 is 12.2. The van der Waals surface area contributed by atoms with Crippen molar-refractivity contribution in [3.8, 4) is 0 Å². The van der Waals surface area contributed by atoms with Crippen LogP contribution in [0.4, 0.5) is 8.78 Å². The molecular weight excluding hydrogens is 487 g/mol. The van der Waals surface area contributed by atoms with Gasteiger partial charge in [0, 0.05) is 41.4 Å². The van der Waals surface area contributed by atoms with Crippen molar-refractivity contribution in [3.05, 3.63) is 105 Å². The van der Waals surface area contributed by atoms with Crippen molar-refractivity contribution in [3.63, 3.8) is 0 Å². The zero-order valence-electron chi connectivity index (χ0n) is 17.9. The molecule has 174 valence electrons. The summed E-state index contributed by atoms with van der Waals surface area (Å²) in [6.07, 6.45) is 1.15. The standard InChI is InChI=1S/C25H23Cl2F2NO2S/c1-33(31,32)15-24(18-10-22(28)12-23(29)11-18)19-13-30(14-19)25(16-2-6-20(26)7-3-16)17-4-8-21(27)9-5-17/h2-12,19,24-25H,13-15H2,1H3/t24-/m0/s1. The lowest BCUT2D eigenvalue weighted by Crippen LogP contribution is -2.52. The van der Waals surface area contributed by atoms with E-state index < -0.39 is 27.4 Å². The van der Waals surface area contributed by atoms with E-state index in [1.54, 1.807) is 0 Å². The third-order valence-corrected chi connectivity index (χ3v) is 7.51. The molecule has 0 aromatic heterocycles. The second-order valence-corrected chi connectivity index (χ2v) is 11.7. The molecule has 3 aromatic carbocycles. The minimum atomic E-state index is -3.36. The summed E-state index contributed by atoms with van der Waals surface area (Å²) in [5, 5.41) is 1.27. The number of hydrogen-bond donors (Lipinski definition) is 0. The number of rotatable bonds is 7. The van der Waals surface area contributed by atoms with Crippen LogP contribution in [0.1, 0.15) is 28.7 Å². The van der Waals surface area contributed by atoms with Crippen molar-refractivity contribution in [2.45, 2.75) is 12.0 Å². The number of likely N-dealkylation sites (tertiary alicyclic amines) is 1. The molecule has 0 unspecified atom stereocenters. The molecule has 0 amide bonds. The maximum atomic E-state index is 13.9. The normalized spacial score (nSPS) is 16.1. The molecule has 4 rings (SSSR count). The van der Waals surface area contributed by atoms with Gasteiger partial charge < -0.3 is 0 Å². The largest absolute Gasteiger partial charge is 0.292 e. The van der Waals surface area contributed by atoms with Crippen LogP contribution in [0.15, 0.2) is 66.7 Å². The zero-order chi connectivity index (χ0) is 23.8. The van der Waals surface area contributed by atoms with E-state index in [2.05, 4.69) is 4.90 Å². The van der Waals surface area contributed by atoms with Crippen molar-refractivity contribution in [1.82, 2.24) is 4.90 Å². The second-order valence-electron chi connectivity index (χ2n) is 8.62. The summed E-state index contributed by atoms with van der Waals surface area (Å²) in [4.78, 5) is 2.22. The fraction of sp³-hybridized carbons (Fsp3) is 0.280. The Morgan fingerprint density at radius 2 is 1.30 bits per heavy atom. The van der Waals surface area contributed by atoms with Gasteiger partial charge in [0.2, 0.25) is 0 Å². The third kappa shape index (κ3) is 5.93. The maximum absolute atomic E-state index is 13.9. The Balaban J connectivity index is 1.63. The van der Waals surface area contributed by atoms with Gasteiger partial charge in [-0.15, -0.1) is 0 Å². The molecule has 1 aliphatic heterocycles. The number of benzene rings is 3. The molecule has 1 aliphatic rings. The van der Waals surface area contributed by atoms with Gasteiger partial charge in [0.1, 0.15) is 21.5 Å². The average Bonchev–Trinajstić information content (AvgIpc) is 2.69. The topological polar surface area (TPSA) is 37.4 Å². The SMILES string of the molecule is CS(=O)(=O)C[C@@H](c1cc(F)cc(F)c1)C1CN(C(c2ccc(Cl)cc2)c2ccc(Cl)cc2)C1. The molecule has 1 heterocycles. The summed E-state index contributed by atoms with van der Waals surface area (Å²) in [5.41, 5.74) is 2.45. The van der Waals surface area contributed by atoms with Gasteiger partial charge in [0.15, 0.2) is 0 Å². The van der Waals surface area contributed by atoms with Crippen LogP contribution in [0.25, 0.3) is 0 Å². The fourth-order valence-electron chi connectivity index (χ4n) is 4.54. The zero-order valence-corrected chi connectivity index (χ0v) is 20.2. The van der Waals surface area contributed by atoms with E-state index in [1.165, 1.54) is 12.1 Å². The van der Waals surface area contributed by atoms with Gasteiger partial charge in [0.05, 0.1) is 11.8 Å². The van der Waals surface area contributed by atoms with Gasteiger partial charge in [-0.05, 0) is 59.0 Å². The van der Waals surface area contributed by atoms with Gasteiger partial charge in [-0.1, -0.05) is 47.5 Å². The highest BCUT2D eigenvalue weighted by molar-refractivity contribution is 7.90. The first-order valence-electron chi connectivity index (χ1n) is 10.5. The Labute approximate surface area is 202 Å². The van der Waals surface area contributed by atoms with Crippen LogP contribution >= 0.6 is 23.2 Å².